The Kier molecular flexibility index (Phi) is 3.65. The molecule has 0 spiro atoms. The maximum absolute atomic E-state index is 8.67. The molecule has 0 amide bonds. The fourth-order valence-electron chi connectivity index (χ4n) is 0.637. The number of nitrogens with zero attached hydrogens (tertiary/aromatic N) is 1. The zero-order valence-electron chi connectivity index (χ0n) is 5.77. The molecular formula is C7H4BrCl2IN-. The van der Waals surface area contributed by atoms with Crippen LogP contribution in [0.15, 0.2) is 28.7 Å². The predicted octanol–water partition coefficient (Wildman–Crippen LogP) is 0.568. The van der Waals surface area contributed by atoms with Gasteiger partial charge in [-0.1, -0.05) is 0 Å². The average Bonchev–Trinajstić information content (AvgIpc) is 2.05. The van der Waals surface area contributed by atoms with E-state index in [1.165, 1.54) is 0 Å². The van der Waals surface area contributed by atoms with E-state index in [1.54, 1.807) is 12.1 Å². The van der Waals surface area contributed by atoms with Gasteiger partial charge in [-0.3, -0.25) is 0 Å². The standard InChI is InChI=1S/C7H4BrCl2IN/c8-6-1-3-7(4-2-6)11(9,10)5-12/h1-4H/q-1. The van der Waals surface area contributed by atoms with Crippen molar-refractivity contribution in [1.29, 1.82) is 5.26 Å². The molecule has 0 radical (unpaired) electrons. The van der Waals surface area contributed by atoms with E-state index in [0.29, 0.717) is 0 Å². The predicted molar refractivity (Wildman–Crippen MR) is 50.2 cm³/mol. The average molecular weight is 380 g/mol. The second-order valence-corrected chi connectivity index (χ2v) is 13.8. The maximum atomic E-state index is 8.67. The second-order valence-electron chi connectivity index (χ2n) is 1.96. The van der Waals surface area contributed by atoms with E-state index < -0.39 is 16.2 Å². The monoisotopic (exact) mass is 378 g/mol. The van der Waals surface area contributed by atoms with Crippen LogP contribution in [0, 0.1) is 12.9 Å². The molecule has 0 aliphatic heterocycles. The molecular weight excluding hydrogens is 376 g/mol. The molecule has 0 unspecified atom stereocenters. The molecule has 1 rings (SSSR count). The minimum absolute atomic E-state index is 0.760. The number of rotatable bonds is 1. The summed E-state index contributed by atoms with van der Waals surface area (Å²) in [5, 5.41) is 8.67. The Morgan fingerprint density at radius 3 is 2.17 bits per heavy atom. The Morgan fingerprint density at radius 2 is 1.75 bits per heavy atom. The van der Waals surface area contributed by atoms with Crippen molar-refractivity contribution in [1.82, 2.24) is 0 Å². The summed E-state index contributed by atoms with van der Waals surface area (Å²) >= 11 is 0.0225. The molecule has 0 aliphatic carbocycles. The molecule has 0 aromatic heterocycles. The minimum atomic E-state index is -3.26. The van der Waals surface area contributed by atoms with Crippen molar-refractivity contribution in [3.05, 3.63) is 32.3 Å². The molecule has 1 nitrogen and oxygen atoms in total. The van der Waals surface area contributed by atoms with Crippen LogP contribution >= 0.6 is 33.7 Å². The van der Waals surface area contributed by atoms with Crippen LogP contribution in [-0.4, -0.2) is 0 Å². The van der Waals surface area contributed by atoms with Crippen LogP contribution in [0.1, 0.15) is 0 Å². The molecule has 1 aromatic rings. The van der Waals surface area contributed by atoms with Gasteiger partial charge in [0.25, 0.3) is 0 Å². The number of nitriles is 1. The van der Waals surface area contributed by atoms with Gasteiger partial charge in [0.15, 0.2) is 0 Å². The summed E-state index contributed by atoms with van der Waals surface area (Å²) in [4.78, 5) is 0. The molecule has 0 heterocycles. The number of hydrogen-bond acceptors (Lipinski definition) is 1. The van der Waals surface area contributed by atoms with Crippen molar-refractivity contribution >= 4 is 33.7 Å². The van der Waals surface area contributed by atoms with Crippen molar-refractivity contribution in [2.24, 2.45) is 0 Å². The molecule has 0 saturated carbocycles. The summed E-state index contributed by atoms with van der Waals surface area (Å²) in [7, 11) is 11.7. The Morgan fingerprint density at radius 1 is 1.25 bits per heavy atom. The molecule has 0 N–H and O–H groups in total. The van der Waals surface area contributed by atoms with Gasteiger partial charge in [0.2, 0.25) is 0 Å². The number of hydrogen-bond donors (Lipinski definition) is 0. The first-order valence-electron chi connectivity index (χ1n) is 2.90. The van der Waals surface area contributed by atoms with Crippen LogP contribution in [0.3, 0.4) is 0 Å². The van der Waals surface area contributed by atoms with Gasteiger partial charge in [0.1, 0.15) is 0 Å². The Hall–Kier alpha value is 0.500. The van der Waals surface area contributed by atoms with Gasteiger partial charge >= 0.3 is 91.6 Å². The topological polar surface area (TPSA) is 23.8 Å². The van der Waals surface area contributed by atoms with Crippen LogP contribution in [0.4, 0.5) is 0 Å². The van der Waals surface area contributed by atoms with E-state index in [-0.39, 0.29) is 0 Å². The van der Waals surface area contributed by atoms with Gasteiger partial charge in [-0.2, -0.15) is 0 Å². The normalized spacial score (nSPS) is 12.2. The Labute approximate surface area is 90.7 Å². The quantitative estimate of drug-likeness (QED) is 0.654. The Balaban J connectivity index is 3.07. The fourth-order valence-corrected chi connectivity index (χ4v) is 3.72. The molecule has 0 aliphatic rings. The van der Waals surface area contributed by atoms with Crippen LogP contribution in [-0.2, 0) is 0 Å². The van der Waals surface area contributed by atoms with E-state index in [0.717, 1.165) is 8.04 Å². The molecule has 5 heteroatoms. The summed E-state index contributed by atoms with van der Waals surface area (Å²) in [5.41, 5.74) is 0. The zero-order valence-corrected chi connectivity index (χ0v) is 11.0. The van der Waals surface area contributed by atoms with Crippen molar-refractivity contribution in [3.63, 3.8) is 0 Å². The van der Waals surface area contributed by atoms with Gasteiger partial charge < -0.3 is 0 Å². The molecule has 0 saturated heterocycles. The van der Waals surface area contributed by atoms with Crippen LogP contribution in [0.2, 0.25) is 0 Å². The zero-order chi connectivity index (χ0) is 9.19. The van der Waals surface area contributed by atoms with Crippen molar-refractivity contribution in [2.45, 2.75) is 0 Å². The fraction of sp³-hybridized carbons (Fsp3) is 0. The summed E-state index contributed by atoms with van der Waals surface area (Å²) in [6, 6.07) is 7.22. The van der Waals surface area contributed by atoms with Crippen LogP contribution < -0.4 is 16.2 Å². The second kappa shape index (κ2) is 4.14. The third-order valence-corrected chi connectivity index (χ3v) is 7.67. The molecule has 0 atom stereocenters. The summed E-state index contributed by atoms with van der Waals surface area (Å²) in [5.74, 6) is 0. The molecule has 0 fully saturated rings. The van der Waals surface area contributed by atoms with Crippen LogP contribution in [0.5, 0.6) is 0 Å². The molecule has 66 valence electrons. The summed E-state index contributed by atoms with van der Waals surface area (Å²) in [6.45, 7) is 0. The first-order chi connectivity index (χ1) is 5.56. The first-order valence-corrected chi connectivity index (χ1v) is 11.3. The summed E-state index contributed by atoms with van der Waals surface area (Å²) in [6.07, 6.45) is 0. The molecule has 1 aromatic carbocycles. The SMILES string of the molecule is N#C[I-](Cl)(Cl)c1ccc(Br)cc1. The van der Waals surface area contributed by atoms with E-state index in [9.17, 15) is 0 Å². The third kappa shape index (κ3) is 2.49. The van der Waals surface area contributed by atoms with Crippen LogP contribution in [0.25, 0.3) is 0 Å². The van der Waals surface area contributed by atoms with Gasteiger partial charge in [0, 0.05) is 0 Å². The van der Waals surface area contributed by atoms with Gasteiger partial charge in [0.05, 0.1) is 0 Å². The van der Waals surface area contributed by atoms with E-state index >= 15 is 0 Å². The van der Waals surface area contributed by atoms with Gasteiger partial charge in [-0.05, 0) is 0 Å². The van der Waals surface area contributed by atoms with Crippen molar-refractivity contribution in [2.75, 3.05) is 0 Å². The van der Waals surface area contributed by atoms with E-state index in [2.05, 4.69) is 15.9 Å². The van der Waals surface area contributed by atoms with Gasteiger partial charge in [-0.15, -0.1) is 0 Å². The first kappa shape index (κ1) is 10.6. The third-order valence-electron chi connectivity index (χ3n) is 1.18. The van der Waals surface area contributed by atoms with Crippen molar-refractivity contribution in [3.8, 4) is 4.08 Å². The summed E-state index contributed by atoms with van der Waals surface area (Å²) < 4.78 is 3.69. The Bertz CT molecular complexity index is 317. The number of benzene rings is 1. The van der Waals surface area contributed by atoms with Gasteiger partial charge in [-0.25, -0.2) is 0 Å². The van der Waals surface area contributed by atoms with E-state index in [4.69, 9.17) is 23.1 Å². The van der Waals surface area contributed by atoms with Crippen molar-refractivity contribution < 1.29 is 16.2 Å². The molecule has 0 bridgehead atoms. The molecule has 12 heavy (non-hydrogen) atoms. The van der Waals surface area contributed by atoms with E-state index in [1.807, 2.05) is 16.2 Å². The number of halogens is 4.